The van der Waals surface area contributed by atoms with E-state index >= 15 is 0 Å². The van der Waals surface area contributed by atoms with Gasteiger partial charge in [-0.2, -0.15) is 0 Å². The van der Waals surface area contributed by atoms with Crippen molar-refractivity contribution in [3.8, 4) is 0 Å². The molecule has 0 spiro atoms. The van der Waals surface area contributed by atoms with Crippen molar-refractivity contribution >= 4 is 17.9 Å². The first-order chi connectivity index (χ1) is 17.1. The second-order valence-electron chi connectivity index (χ2n) is 9.45. The highest BCUT2D eigenvalue weighted by Crippen LogP contribution is 2.31. The average molecular weight is 519 g/mol. The number of rotatable bonds is 18. The maximum atomic E-state index is 12.2. The fourth-order valence-electron chi connectivity index (χ4n) is 4.16. The highest BCUT2D eigenvalue weighted by atomic mass is 16.7. The number of carboxylic acids is 1. The van der Waals surface area contributed by atoms with Gasteiger partial charge in [0.25, 0.3) is 0 Å². The average Bonchev–Trinajstić information content (AvgIpc) is 3.48. The number of carbonyl (C=O) groups excluding carboxylic acids is 2. The Morgan fingerprint density at radius 2 is 1.25 bits per heavy atom. The SMILES string of the molecule is CC(C)OC(=O)CCC1(CCCOCCC(C)OC(=O)CCC2(CCC(=O)O)OCCO2)OCCO1. The minimum absolute atomic E-state index is 0.0810. The molecule has 2 heterocycles. The molecular formula is C25H42O11. The summed E-state index contributed by atoms with van der Waals surface area (Å²) in [4.78, 5) is 35.0. The summed E-state index contributed by atoms with van der Waals surface area (Å²) < 4.78 is 39.0. The van der Waals surface area contributed by atoms with E-state index in [9.17, 15) is 14.4 Å². The van der Waals surface area contributed by atoms with Crippen molar-refractivity contribution in [2.75, 3.05) is 39.6 Å². The maximum absolute atomic E-state index is 12.2. The summed E-state index contributed by atoms with van der Waals surface area (Å²) in [6.45, 7) is 8.12. The summed E-state index contributed by atoms with van der Waals surface area (Å²) in [7, 11) is 0. The normalized spacial score (nSPS) is 19.3. The Morgan fingerprint density at radius 3 is 1.78 bits per heavy atom. The third kappa shape index (κ3) is 11.5. The molecule has 0 aliphatic carbocycles. The zero-order chi connectivity index (χ0) is 26.4. The van der Waals surface area contributed by atoms with Crippen molar-refractivity contribution in [1.29, 1.82) is 0 Å². The Morgan fingerprint density at radius 1 is 0.750 bits per heavy atom. The summed E-state index contributed by atoms with van der Waals surface area (Å²) in [6.07, 6.45) is 2.50. The van der Waals surface area contributed by atoms with Crippen LogP contribution in [0.5, 0.6) is 0 Å². The fourth-order valence-corrected chi connectivity index (χ4v) is 4.16. The molecule has 2 saturated heterocycles. The van der Waals surface area contributed by atoms with E-state index in [4.69, 9.17) is 38.3 Å². The lowest BCUT2D eigenvalue weighted by Crippen LogP contribution is -2.32. The summed E-state index contributed by atoms with van der Waals surface area (Å²) >= 11 is 0. The molecule has 0 aromatic heterocycles. The molecule has 11 nitrogen and oxygen atoms in total. The third-order valence-electron chi connectivity index (χ3n) is 5.98. The molecule has 2 aliphatic rings. The van der Waals surface area contributed by atoms with Crippen LogP contribution in [0.4, 0.5) is 0 Å². The Hall–Kier alpha value is -1.79. The van der Waals surface area contributed by atoms with Gasteiger partial charge < -0.3 is 38.3 Å². The molecule has 0 aromatic carbocycles. The summed E-state index contributed by atoms with van der Waals surface area (Å²) in [5.74, 6) is -3.37. The molecule has 0 bridgehead atoms. The van der Waals surface area contributed by atoms with E-state index < -0.39 is 17.5 Å². The predicted octanol–water partition coefficient (Wildman–Crippen LogP) is 2.97. The lowest BCUT2D eigenvalue weighted by Gasteiger charge is -2.27. The lowest BCUT2D eigenvalue weighted by molar-refractivity contribution is -0.179. The Kier molecular flexibility index (Phi) is 13.1. The summed E-state index contributed by atoms with van der Waals surface area (Å²) in [5.41, 5.74) is 0. The standard InChI is InChI=1S/C25H42O11/c1-19(2)35-22(28)6-11-24(31-15-16-32-24)9-4-13-30-14-8-20(3)36-23(29)7-12-25(10-5-21(26)27)33-17-18-34-25/h19-20H,4-18H2,1-3H3,(H,26,27). The van der Waals surface area contributed by atoms with Gasteiger partial charge in [0, 0.05) is 38.7 Å². The van der Waals surface area contributed by atoms with Crippen molar-refractivity contribution in [1.82, 2.24) is 0 Å². The van der Waals surface area contributed by atoms with Gasteiger partial charge in [-0.1, -0.05) is 0 Å². The van der Waals surface area contributed by atoms with Crippen LogP contribution in [0.1, 0.15) is 78.6 Å². The van der Waals surface area contributed by atoms with Crippen LogP contribution in [0.2, 0.25) is 0 Å². The molecule has 1 N–H and O–H groups in total. The van der Waals surface area contributed by atoms with Crippen LogP contribution < -0.4 is 0 Å². The van der Waals surface area contributed by atoms with Gasteiger partial charge in [0.15, 0.2) is 11.6 Å². The van der Waals surface area contributed by atoms with Gasteiger partial charge in [-0.15, -0.1) is 0 Å². The monoisotopic (exact) mass is 518 g/mol. The minimum atomic E-state index is -1.03. The Labute approximate surface area is 213 Å². The van der Waals surface area contributed by atoms with Gasteiger partial charge in [-0.25, -0.2) is 0 Å². The van der Waals surface area contributed by atoms with Crippen molar-refractivity contribution in [2.24, 2.45) is 0 Å². The molecule has 0 aromatic rings. The van der Waals surface area contributed by atoms with E-state index in [1.165, 1.54) is 0 Å². The van der Waals surface area contributed by atoms with Crippen LogP contribution in [0.3, 0.4) is 0 Å². The van der Waals surface area contributed by atoms with Gasteiger partial charge in [0.2, 0.25) is 0 Å². The van der Waals surface area contributed by atoms with Crippen molar-refractivity contribution in [3.05, 3.63) is 0 Å². The number of hydrogen-bond acceptors (Lipinski definition) is 10. The smallest absolute Gasteiger partial charge is 0.306 e. The van der Waals surface area contributed by atoms with Crippen LogP contribution in [0.25, 0.3) is 0 Å². The summed E-state index contributed by atoms with van der Waals surface area (Å²) in [6, 6.07) is 0. The van der Waals surface area contributed by atoms with Gasteiger partial charge in [0.05, 0.1) is 58.4 Å². The molecule has 1 unspecified atom stereocenters. The van der Waals surface area contributed by atoms with Crippen LogP contribution in [-0.2, 0) is 47.5 Å². The number of hydrogen-bond donors (Lipinski definition) is 1. The minimum Gasteiger partial charge on any atom is -0.481 e. The molecule has 2 aliphatic heterocycles. The molecule has 0 radical (unpaired) electrons. The predicted molar refractivity (Wildman–Crippen MR) is 126 cm³/mol. The molecule has 1 atom stereocenters. The van der Waals surface area contributed by atoms with E-state index in [1.807, 2.05) is 13.8 Å². The zero-order valence-corrected chi connectivity index (χ0v) is 21.8. The molecule has 11 heteroatoms. The zero-order valence-electron chi connectivity index (χ0n) is 21.8. The quantitative estimate of drug-likeness (QED) is 0.212. The number of ether oxygens (including phenoxy) is 7. The van der Waals surface area contributed by atoms with E-state index in [2.05, 4.69) is 0 Å². The first kappa shape index (κ1) is 30.4. The molecule has 0 amide bonds. The first-order valence-electron chi connectivity index (χ1n) is 12.9. The Balaban J connectivity index is 1.58. The van der Waals surface area contributed by atoms with Crippen LogP contribution in [0, 0.1) is 0 Å². The molecule has 208 valence electrons. The highest BCUT2D eigenvalue weighted by molar-refractivity contribution is 5.70. The van der Waals surface area contributed by atoms with Gasteiger partial charge >= 0.3 is 17.9 Å². The van der Waals surface area contributed by atoms with Gasteiger partial charge in [0.1, 0.15) is 6.10 Å². The third-order valence-corrected chi connectivity index (χ3v) is 5.98. The second kappa shape index (κ2) is 15.5. The molecule has 36 heavy (non-hydrogen) atoms. The van der Waals surface area contributed by atoms with Crippen molar-refractivity contribution in [2.45, 2.75) is 102 Å². The van der Waals surface area contributed by atoms with E-state index in [0.717, 1.165) is 0 Å². The lowest BCUT2D eigenvalue weighted by atomic mass is 10.0. The van der Waals surface area contributed by atoms with Crippen LogP contribution in [-0.4, -0.2) is 86.4 Å². The largest absolute Gasteiger partial charge is 0.481 e. The molecule has 2 fully saturated rings. The summed E-state index contributed by atoms with van der Waals surface area (Å²) in [5, 5.41) is 8.91. The van der Waals surface area contributed by atoms with Gasteiger partial charge in [-0.05, 0) is 27.2 Å². The molecular weight excluding hydrogens is 476 g/mol. The number of carboxylic acid groups (broad SMARTS) is 1. The molecule has 2 rings (SSSR count). The van der Waals surface area contributed by atoms with Crippen LogP contribution in [0.15, 0.2) is 0 Å². The van der Waals surface area contributed by atoms with Crippen molar-refractivity contribution in [3.63, 3.8) is 0 Å². The number of carbonyl (C=O) groups is 3. The van der Waals surface area contributed by atoms with E-state index in [-0.39, 0.29) is 56.3 Å². The number of aliphatic carboxylic acids is 1. The molecule has 0 saturated carbocycles. The Bertz CT molecular complexity index is 681. The highest BCUT2D eigenvalue weighted by Gasteiger charge is 2.38. The fraction of sp³-hybridized carbons (Fsp3) is 0.880. The van der Waals surface area contributed by atoms with E-state index in [0.29, 0.717) is 65.3 Å². The van der Waals surface area contributed by atoms with Crippen LogP contribution >= 0.6 is 0 Å². The first-order valence-corrected chi connectivity index (χ1v) is 12.9. The second-order valence-corrected chi connectivity index (χ2v) is 9.45. The van der Waals surface area contributed by atoms with E-state index in [1.54, 1.807) is 6.92 Å². The topological polar surface area (TPSA) is 136 Å². The van der Waals surface area contributed by atoms with Gasteiger partial charge in [-0.3, -0.25) is 14.4 Å². The van der Waals surface area contributed by atoms with Crippen molar-refractivity contribution < 1.29 is 52.6 Å². The maximum Gasteiger partial charge on any atom is 0.306 e. The number of esters is 2.